The van der Waals surface area contributed by atoms with E-state index in [0.29, 0.717) is 17.2 Å². The van der Waals surface area contributed by atoms with Crippen LogP contribution in [0.2, 0.25) is 0 Å². The van der Waals surface area contributed by atoms with Gasteiger partial charge in [0.1, 0.15) is 11.5 Å². The summed E-state index contributed by atoms with van der Waals surface area (Å²) in [6.07, 6.45) is 0. The molecule has 0 unspecified atom stereocenters. The van der Waals surface area contributed by atoms with Crippen LogP contribution in [-0.4, -0.2) is 20.1 Å². The highest BCUT2D eigenvalue weighted by molar-refractivity contribution is 14.1. The number of halogens is 1. The number of methoxy groups -OCH3 is 2. The lowest BCUT2D eigenvalue weighted by atomic mass is 10.2. The second-order valence-corrected chi connectivity index (χ2v) is 3.95. The van der Waals surface area contributed by atoms with E-state index < -0.39 is 0 Å². The van der Waals surface area contributed by atoms with Crippen molar-refractivity contribution in [2.45, 2.75) is 6.92 Å². The van der Waals surface area contributed by atoms with Gasteiger partial charge in [0.25, 0.3) is 0 Å². The van der Waals surface area contributed by atoms with Gasteiger partial charge in [-0.05, 0) is 22.6 Å². The molecule has 0 bridgehead atoms. The average Bonchev–Trinajstić information content (AvgIpc) is 2.20. The Balaban J connectivity index is 3.17. The van der Waals surface area contributed by atoms with Crippen LogP contribution in [0.3, 0.4) is 0 Å². The first-order valence-electron chi connectivity index (χ1n) is 4.27. The van der Waals surface area contributed by atoms with Crippen LogP contribution in [0.25, 0.3) is 0 Å². The summed E-state index contributed by atoms with van der Waals surface area (Å²) < 4.78 is 11.1. The molecule has 1 rings (SSSR count). The second kappa shape index (κ2) is 5.20. The highest BCUT2D eigenvalue weighted by Crippen LogP contribution is 2.33. The average molecular weight is 321 g/mol. The van der Waals surface area contributed by atoms with Gasteiger partial charge in [-0.1, -0.05) is 0 Å². The van der Waals surface area contributed by atoms with Gasteiger partial charge < -0.3 is 14.8 Å². The highest BCUT2D eigenvalue weighted by atomic mass is 127. The summed E-state index contributed by atoms with van der Waals surface area (Å²) in [4.78, 5) is 11.0. The normalized spacial score (nSPS) is 9.60. The fourth-order valence-corrected chi connectivity index (χ4v) is 1.79. The van der Waals surface area contributed by atoms with Gasteiger partial charge in [-0.3, -0.25) is 4.79 Å². The first kappa shape index (κ1) is 12.1. The zero-order valence-corrected chi connectivity index (χ0v) is 10.9. The Morgan fingerprint density at radius 2 is 2.00 bits per heavy atom. The van der Waals surface area contributed by atoms with Crippen molar-refractivity contribution in [3.63, 3.8) is 0 Å². The maximum atomic E-state index is 11.0. The number of hydrogen-bond acceptors (Lipinski definition) is 3. The summed E-state index contributed by atoms with van der Waals surface area (Å²) in [7, 11) is 3.15. The molecule has 0 heterocycles. The van der Waals surface area contributed by atoms with Crippen molar-refractivity contribution in [1.82, 2.24) is 0 Å². The summed E-state index contributed by atoms with van der Waals surface area (Å²) in [6.45, 7) is 1.46. The molecule has 1 aromatic carbocycles. The number of ether oxygens (including phenoxy) is 2. The van der Waals surface area contributed by atoms with Crippen LogP contribution in [0.15, 0.2) is 12.1 Å². The lowest BCUT2D eigenvalue weighted by Gasteiger charge is -2.11. The number of anilines is 1. The van der Waals surface area contributed by atoms with Crippen LogP contribution in [0.4, 0.5) is 5.69 Å². The number of rotatable bonds is 3. The number of carbonyl (C=O) groups excluding carboxylic acids is 1. The molecule has 0 radical (unpaired) electrons. The standard InChI is InChI=1S/C10H12INO3/c1-6(13)12-8-4-7(14-2)5-9(15-3)10(8)11/h4-5H,1-3H3,(H,12,13). The molecule has 1 amide bonds. The fourth-order valence-electron chi connectivity index (χ4n) is 1.12. The Hall–Kier alpha value is -0.980. The molecule has 5 heteroatoms. The van der Waals surface area contributed by atoms with E-state index in [1.807, 2.05) is 0 Å². The molecule has 1 aromatic rings. The Morgan fingerprint density at radius 1 is 1.33 bits per heavy atom. The molecule has 0 aliphatic carbocycles. The Bertz CT molecular complexity index is 379. The van der Waals surface area contributed by atoms with Crippen molar-refractivity contribution in [1.29, 1.82) is 0 Å². The first-order valence-corrected chi connectivity index (χ1v) is 5.35. The molecule has 1 N–H and O–H groups in total. The number of nitrogens with one attached hydrogen (secondary N) is 1. The quantitative estimate of drug-likeness (QED) is 0.869. The number of amides is 1. The Labute approximate surface area is 102 Å². The van der Waals surface area contributed by atoms with Crippen LogP contribution in [0.5, 0.6) is 11.5 Å². The number of hydrogen-bond donors (Lipinski definition) is 1. The third-order valence-corrected chi connectivity index (χ3v) is 2.89. The van der Waals surface area contributed by atoms with E-state index in [4.69, 9.17) is 9.47 Å². The first-order chi connectivity index (χ1) is 7.08. The molecule has 0 aromatic heterocycles. The lowest BCUT2D eigenvalue weighted by molar-refractivity contribution is -0.114. The minimum absolute atomic E-state index is 0.122. The molecular formula is C10H12INO3. The maximum absolute atomic E-state index is 11.0. The van der Waals surface area contributed by atoms with Crippen LogP contribution in [-0.2, 0) is 4.79 Å². The van der Waals surface area contributed by atoms with Gasteiger partial charge in [0.15, 0.2) is 0 Å². The van der Waals surface area contributed by atoms with Gasteiger partial charge in [0.2, 0.25) is 5.91 Å². The van der Waals surface area contributed by atoms with Gasteiger partial charge in [-0.2, -0.15) is 0 Å². The van der Waals surface area contributed by atoms with E-state index in [1.165, 1.54) is 6.92 Å². The Morgan fingerprint density at radius 3 is 2.47 bits per heavy atom. The summed E-state index contributed by atoms with van der Waals surface area (Å²) in [6, 6.07) is 3.53. The van der Waals surface area contributed by atoms with Crippen molar-refractivity contribution in [2.75, 3.05) is 19.5 Å². The second-order valence-electron chi connectivity index (χ2n) is 2.87. The fraction of sp³-hybridized carbons (Fsp3) is 0.300. The zero-order chi connectivity index (χ0) is 11.4. The predicted octanol–water partition coefficient (Wildman–Crippen LogP) is 2.27. The molecule has 82 valence electrons. The van der Waals surface area contributed by atoms with Gasteiger partial charge in [0.05, 0.1) is 23.5 Å². The lowest BCUT2D eigenvalue weighted by Crippen LogP contribution is -2.08. The monoisotopic (exact) mass is 321 g/mol. The van der Waals surface area contributed by atoms with Crippen LogP contribution < -0.4 is 14.8 Å². The summed E-state index contributed by atoms with van der Waals surface area (Å²) in [5, 5.41) is 2.72. The van der Waals surface area contributed by atoms with Crippen molar-refractivity contribution >= 4 is 34.2 Å². The van der Waals surface area contributed by atoms with Crippen LogP contribution in [0.1, 0.15) is 6.92 Å². The molecule has 0 saturated carbocycles. The maximum Gasteiger partial charge on any atom is 0.221 e. The predicted molar refractivity (Wildman–Crippen MR) is 66.6 cm³/mol. The number of benzene rings is 1. The topological polar surface area (TPSA) is 47.6 Å². The molecule has 0 spiro atoms. The summed E-state index contributed by atoms with van der Waals surface area (Å²) >= 11 is 2.11. The molecular weight excluding hydrogens is 309 g/mol. The highest BCUT2D eigenvalue weighted by Gasteiger charge is 2.10. The van der Waals surface area contributed by atoms with Gasteiger partial charge in [0, 0.05) is 19.1 Å². The smallest absolute Gasteiger partial charge is 0.221 e. The van der Waals surface area contributed by atoms with Crippen molar-refractivity contribution in [3.05, 3.63) is 15.7 Å². The van der Waals surface area contributed by atoms with Gasteiger partial charge >= 0.3 is 0 Å². The SMILES string of the molecule is COc1cc(NC(C)=O)c(I)c(OC)c1. The molecule has 0 aliphatic heterocycles. The molecule has 15 heavy (non-hydrogen) atoms. The largest absolute Gasteiger partial charge is 0.497 e. The third kappa shape index (κ3) is 2.98. The summed E-state index contributed by atoms with van der Waals surface area (Å²) in [5.41, 5.74) is 0.694. The van der Waals surface area contributed by atoms with Crippen LogP contribution in [0, 0.1) is 3.57 Å². The van der Waals surface area contributed by atoms with E-state index in [1.54, 1.807) is 26.4 Å². The van der Waals surface area contributed by atoms with Crippen molar-refractivity contribution in [2.24, 2.45) is 0 Å². The number of carbonyl (C=O) groups is 1. The molecule has 0 atom stereocenters. The van der Waals surface area contributed by atoms with Crippen molar-refractivity contribution in [3.8, 4) is 11.5 Å². The van der Waals surface area contributed by atoms with E-state index >= 15 is 0 Å². The van der Waals surface area contributed by atoms with Crippen molar-refractivity contribution < 1.29 is 14.3 Å². The van der Waals surface area contributed by atoms with E-state index in [-0.39, 0.29) is 5.91 Å². The van der Waals surface area contributed by atoms with E-state index in [2.05, 4.69) is 27.9 Å². The molecule has 0 aliphatic rings. The zero-order valence-electron chi connectivity index (χ0n) is 8.76. The molecule has 0 fully saturated rings. The minimum Gasteiger partial charge on any atom is -0.497 e. The third-order valence-electron chi connectivity index (χ3n) is 1.78. The molecule has 0 saturated heterocycles. The van der Waals surface area contributed by atoms with Gasteiger partial charge in [-0.25, -0.2) is 0 Å². The minimum atomic E-state index is -0.122. The summed E-state index contributed by atoms with van der Waals surface area (Å²) in [5.74, 6) is 1.21. The van der Waals surface area contributed by atoms with Crippen LogP contribution >= 0.6 is 22.6 Å². The molecule has 4 nitrogen and oxygen atoms in total. The van der Waals surface area contributed by atoms with E-state index in [9.17, 15) is 4.79 Å². The Kier molecular flexibility index (Phi) is 4.19. The van der Waals surface area contributed by atoms with E-state index in [0.717, 1.165) is 3.57 Å². The van der Waals surface area contributed by atoms with Gasteiger partial charge in [-0.15, -0.1) is 0 Å².